The van der Waals surface area contributed by atoms with Crippen molar-refractivity contribution in [3.63, 3.8) is 0 Å². The summed E-state index contributed by atoms with van der Waals surface area (Å²) >= 11 is 0. The normalized spacial score (nSPS) is 9.27. The van der Waals surface area contributed by atoms with Gasteiger partial charge in [-0.15, -0.1) is 0 Å². The minimum absolute atomic E-state index is 0.877. The molecule has 0 fully saturated rings. The Labute approximate surface area is 72.6 Å². The molecule has 0 saturated heterocycles. The van der Waals surface area contributed by atoms with E-state index in [1.807, 2.05) is 20.9 Å². The number of rotatable bonds is 5. The maximum Gasteiger partial charge on any atom is -0.00519 e. The second-order valence-electron chi connectivity index (χ2n) is 2.99. The SMILES string of the molecule is CC.CNCCCCC(C)C. The summed E-state index contributed by atoms with van der Waals surface area (Å²) in [7, 11) is 2.01. The molecule has 0 heterocycles. The van der Waals surface area contributed by atoms with Gasteiger partial charge in [-0.05, 0) is 25.9 Å². The Hall–Kier alpha value is -0.0400. The van der Waals surface area contributed by atoms with Crippen LogP contribution >= 0.6 is 0 Å². The van der Waals surface area contributed by atoms with Crippen LogP contribution in [0.1, 0.15) is 47.0 Å². The molecule has 0 aliphatic rings. The lowest BCUT2D eigenvalue weighted by atomic mass is 10.1. The van der Waals surface area contributed by atoms with Crippen LogP contribution in [0, 0.1) is 5.92 Å². The molecule has 0 aromatic carbocycles. The van der Waals surface area contributed by atoms with Crippen LogP contribution in [0.2, 0.25) is 0 Å². The monoisotopic (exact) mass is 159 g/mol. The third kappa shape index (κ3) is 17.8. The van der Waals surface area contributed by atoms with Crippen LogP contribution in [0.25, 0.3) is 0 Å². The Morgan fingerprint density at radius 3 is 2.00 bits per heavy atom. The van der Waals surface area contributed by atoms with Crippen molar-refractivity contribution >= 4 is 0 Å². The van der Waals surface area contributed by atoms with Crippen LogP contribution in [0.3, 0.4) is 0 Å². The molecule has 1 nitrogen and oxygen atoms in total. The Kier molecular flexibility index (Phi) is 15.5. The van der Waals surface area contributed by atoms with Crippen LogP contribution in [0.5, 0.6) is 0 Å². The van der Waals surface area contributed by atoms with E-state index in [1.165, 1.54) is 25.8 Å². The molecule has 1 N–H and O–H groups in total. The molecule has 0 atom stereocenters. The summed E-state index contributed by atoms with van der Waals surface area (Å²) in [5.41, 5.74) is 0. The highest BCUT2D eigenvalue weighted by atomic mass is 14.8. The number of nitrogens with one attached hydrogen (secondary N) is 1. The smallest absolute Gasteiger partial charge is 0.00519 e. The van der Waals surface area contributed by atoms with Crippen molar-refractivity contribution in [2.45, 2.75) is 47.0 Å². The van der Waals surface area contributed by atoms with Crippen molar-refractivity contribution in [2.75, 3.05) is 13.6 Å². The van der Waals surface area contributed by atoms with Crippen LogP contribution in [0.4, 0.5) is 0 Å². The molecule has 11 heavy (non-hydrogen) atoms. The summed E-state index contributed by atoms with van der Waals surface area (Å²) in [5, 5.41) is 3.14. The van der Waals surface area contributed by atoms with Gasteiger partial charge in [-0.25, -0.2) is 0 Å². The molecule has 0 spiro atoms. The maximum atomic E-state index is 3.14. The third-order valence-electron chi connectivity index (χ3n) is 1.46. The summed E-state index contributed by atoms with van der Waals surface area (Å²) in [4.78, 5) is 0. The summed E-state index contributed by atoms with van der Waals surface area (Å²) in [6.07, 6.45) is 4.08. The van der Waals surface area contributed by atoms with Gasteiger partial charge in [0.15, 0.2) is 0 Å². The highest BCUT2D eigenvalue weighted by Gasteiger charge is 1.91. The quantitative estimate of drug-likeness (QED) is 0.608. The molecule has 70 valence electrons. The van der Waals surface area contributed by atoms with Crippen molar-refractivity contribution in [3.05, 3.63) is 0 Å². The summed E-state index contributed by atoms with van der Waals surface area (Å²) < 4.78 is 0. The zero-order valence-corrected chi connectivity index (χ0v) is 8.91. The number of unbranched alkanes of at least 4 members (excludes halogenated alkanes) is 1. The minimum Gasteiger partial charge on any atom is -0.320 e. The van der Waals surface area contributed by atoms with Gasteiger partial charge in [-0.2, -0.15) is 0 Å². The lowest BCUT2D eigenvalue weighted by Crippen LogP contribution is -2.07. The third-order valence-corrected chi connectivity index (χ3v) is 1.46. The van der Waals surface area contributed by atoms with E-state index in [9.17, 15) is 0 Å². The molecule has 0 unspecified atom stereocenters. The first-order valence-electron chi connectivity index (χ1n) is 4.92. The van der Waals surface area contributed by atoms with E-state index in [-0.39, 0.29) is 0 Å². The summed E-state index contributed by atoms with van der Waals surface area (Å²) in [6, 6.07) is 0. The fraction of sp³-hybridized carbons (Fsp3) is 1.00. The average Bonchev–Trinajstić information content (AvgIpc) is 2.02. The predicted molar refractivity (Wildman–Crippen MR) is 54.0 cm³/mol. The zero-order chi connectivity index (χ0) is 9.11. The van der Waals surface area contributed by atoms with E-state index < -0.39 is 0 Å². The van der Waals surface area contributed by atoms with Gasteiger partial charge >= 0.3 is 0 Å². The molecule has 0 aliphatic carbocycles. The molecule has 1 heteroatoms. The molecule has 0 aromatic heterocycles. The second-order valence-corrected chi connectivity index (χ2v) is 2.99. The van der Waals surface area contributed by atoms with E-state index in [0.717, 1.165) is 5.92 Å². The second kappa shape index (κ2) is 12.6. The van der Waals surface area contributed by atoms with Gasteiger partial charge in [0.05, 0.1) is 0 Å². The molecule has 0 rings (SSSR count). The fourth-order valence-electron chi connectivity index (χ4n) is 0.854. The molecule has 0 radical (unpaired) electrons. The van der Waals surface area contributed by atoms with E-state index >= 15 is 0 Å². The largest absolute Gasteiger partial charge is 0.320 e. The van der Waals surface area contributed by atoms with E-state index in [2.05, 4.69) is 19.2 Å². The van der Waals surface area contributed by atoms with Crippen LogP contribution in [0.15, 0.2) is 0 Å². The summed E-state index contributed by atoms with van der Waals surface area (Å²) in [5.74, 6) is 0.877. The fourth-order valence-corrected chi connectivity index (χ4v) is 0.854. The highest BCUT2D eigenvalue weighted by molar-refractivity contribution is 4.47. The van der Waals surface area contributed by atoms with Gasteiger partial charge in [-0.1, -0.05) is 40.5 Å². The predicted octanol–water partition coefficient (Wildman–Crippen LogP) is 3.06. The van der Waals surface area contributed by atoms with Crippen LogP contribution < -0.4 is 5.32 Å². The van der Waals surface area contributed by atoms with Crippen molar-refractivity contribution in [2.24, 2.45) is 5.92 Å². The minimum atomic E-state index is 0.877. The maximum absolute atomic E-state index is 3.14. The van der Waals surface area contributed by atoms with Crippen molar-refractivity contribution < 1.29 is 0 Å². The average molecular weight is 159 g/mol. The molecule has 0 amide bonds. The lowest BCUT2D eigenvalue weighted by Gasteiger charge is -2.02. The Bertz CT molecular complexity index is 50.8. The van der Waals surface area contributed by atoms with E-state index in [4.69, 9.17) is 0 Å². The Balaban J connectivity index is 0. The first-order chi connectivity index (χ1) is 5.27. The van der Waals surface area contributed by atoms with Crippen molar-refractivity contribution in [3.8, 4) is 0 Å². The summed E-state index contributed by atoms with van der Waals surface area (Å²) in [6.45, 7) is 9.73. The lowest BCUT2D eigenvalue weighted by molar-refractivity contribution is 0.530. The molecular formula is C10H25N. The Morgan fingerprint density at radius 1 is 1.09 bits per heavy atom. The molecular weight excluding hydrogens is 134 g/mol. The molecule has 0 aliphatic heterocycles. The number of hydrogen-bond acceptors (Lipinski definition) is 1. The topological polar surface area (TPSA) is 12.0 Å². The first-order valence-corrected chi connectivity index (χ1v) is 4.92. The van der Waals surface area contributed by atoms with Crippen molar-refractivity contribution in [1.29, 1.82) is 0 Å². The molecule has 0 bridgehead atoms. The van der Waals surface area contributed by atoms with Gasteiger partial charge in [-0.3, -0.25) is 0 Å². The van der Waals surface area contributed by atoms with Crippen molar-refractivity contribution in [1.82, 2.24) is 5.32 Å². The highest BCUT2D eigenvalue weighted by Crippen LogP contribution is 2.04. The van der Waals surface area contributed by atoms with E-state index in [1.54, 1.807) is 0 Å². The van der Waals surface area contributed by atoms with Gasteiger partial charge in [0.25, 0.3) is 0 Å². The standard InChI is InChI=1S/C8H19N.C2H6/c1-8(2)6-4-5-7-9-3;1-2/h8-9H,4-7H2,1-3H3;1-2H3. The van der Waals surface area contributed by atoms with Gasteiger partial charge in [0, 0.05) is 0 Å². The van der Waals surface area contributed by atoms with Gasteiger partial charge in [0.1, 0.15) is 0 Å². The van der Waals surface area contributed by atoms with Crippen LogP contribution in [-0.4, -0.2) is 13.6 Å². The van der Waals surface area contributed by atoms with E-state index in [0.29, 0.717) is 0 Å². The Morgan fingerprint density at radius 2 is 1.64 bits per heavy atom. The molecule has 0 aromatic rings. The van der Waals surface area contributed by atoms with Crippen LogP contribution in [-0.2, 0) is 0 Å². The number of hydrogen-bond donors (Lipinski definition) is 1. The van der Waals surface area contributed by atoms with Gasteiger partial charge in [0.2, 0.25) is 0 Å². The van der Waals surface area contributed by atoms with Gasteiger partial charge < -0.3 is 5.32 Å². The first kappa shape index (κ1) is 13.5. The zero-order valence-electron chi connectivity index (χ0n) is 8.91. The molecule has 0 saturated carbocycles.